The summed E-state index contributed by atoms with van der Waals surface area (Å²) in [5.41, 5.74) is 8.91. The van der Waals surface area contributed by atoms with E-state index < -0.39 is 0 Å². The first-order valence-corrected chi connectivity index (χ1v) is 7.81. The van der Waals surface area contributed by atoms with Crippen molar-refractivity contribution in [2.24, 2.45) is 5.73 Å². The fourth-order valence-electron chi connectivity index (χ4n) is 3.18. The molecule has 0 bridgehead atoms. The molecular formula is C17H28N2. The summed E-state index contributed by atoms with van der Waals surface area (Å²) in [6.07, 6.45) is 9.20. The van der Waals surface area contributed by atoms with Crippen molar-refractivity contribution >= 4 is 5.69 Å². The third kappa shape index (κ3) is 3.50. The van der Waals surface area contributed by atoms with Gasteiger partial charge in [0, 0.05) is 24.8 Å². The van der Waals surface area contributed by atoms with E-state index in [-0.39, 0.29) is 6.04 Å². The summed E-state index contributed by atoms with van der Waals surface area (Å²) in [6.45, 7) is 2.16. The van der Waals surface area contributed by atoms with E-state index in [0.29, 0.717) is 6.04 Å². The zero-order valence-corrected chi connectivity index (χ0v) is 12.4. The van der Waals surface area contributed by atoms with Crippen LogP contribution in [0, 0.1) is 0 Å². The molecule has 1 aliphatic carbocycles. The molecule has 0 heterocycles. The van der Waals surface area contributed by atoms with Crippen LogP contribution in [0.3, 0.4) is 0 Å². The summed E-state index contributed by atoms with van der Waals surface area (Å²) in [6, 6.07) is 9.51. The van der Waals surface area contributed by atoms with E-state index in [1.807, 2.05) is 0 Å². The van der Waals surface area contributed by atoms with Crippen molar-refractivity contribution in [3.8, 4) is 0 Å². The molecule has 1 fully saturated rings. The molecule has 0 radical (unpaired) electrons. The van der Waals surface area contributed by atoms with Crippen LogP contribution in [0.4, 0.5) is 5.69 Å². The Bertz CT molecular complexity index is 381. The molecule has 0 aliphatic heterocycles. The lowest BCUT2D eigenvalue weighted by Crippen LogP contribution is -2.32. The van der Waals surface area contributed by atoms with Gasteiger partial charge in [-0.2, -0.15) is 0 Å². The number of anilines is 1. The van der Waals surface area contributed by atoms with Gasteiger partial charge in [0.15, 0.2) is 0 Å². The molecule has 1 aliphatic rings. The molecule has 19 heavy (non-hydrogen) atoms. The van der Waals surface area contributed by atoms with E-state index in [2.05, 4.69) is 43.1 Å². The zero-order chi connectivity index (χ0) is 13.7. The van der Waals surface area contributed by atoms with Gasteiger partial charge in [-0.15, -0.1) is 0 Å². The van der Waals surface area contributed by atoms with Crippen LogP contribution in [0.25, 0.3) is 0 Å². The molecular weight excluding hydrogens is 232 g/mol. The van der Waals surface area contributed by atoms with Crippen LogP contribution in [0.1, 0.15) is 63.5 Å². The first-order chi connectivity index (χ1) is 9.24. The van der Waals surface area contributed by atoms with E-state index in [4.69, 9.17) is 5.73 Å². The number of benzene rings is 1. The normalized spacial score (nSPS) is 18.9. The average Bonchev–Trinajstić information content (AvgIpc) is 2.74. The minimum absolute atomic E-state index is 0.157. The lowest BCUT2D eigenvalue weighted by atomic mass is 10.00. The Morgan fingerprint density at radius 1 is 1.16 bits per heavy atom. The summed E-state index contributed by atoms with van der Waals surface area (Å²) < 4.78 is 0. The third-order valence-electron chi connectivity index (χ3n) is 4.53. The van der Waals surface area contributed by atoms with E-state index >= 15 is 0 Å². The number of nitrogens with zero attached hydrogens (tertiary/aromatic N) is 1. The van der Waals surface area contributed by atoms with Gasteiger partial charge in [0.25, 0.3) is 0 Å². The largest absolute Gasteiger partial charge is 0.371 e. The monoisotopic (exact) mass is 260 g/mol. The topological polar surface area (TPSA) is 29.3 Å². The third-order valence-corrected chi connectivity index (χ3v) is 4.53. The number of hydrogen-bond donors (Lipinski definition) is 1. The minimum Gasteiger partial charge on any atom is -0.371 e. The lowest BCUT2D eigenvalue weighted by Gasteiger charge is -2.32. The highest BCUT2D eigenvalue weighted by molar-refractivity contribution is 5.55. The van der Waals surface area contributed by atoms with Crippen molar-refractivity contribution in [2.75, 3.05) is 11.9 Å². The highest BCUT2D eigenvalue weighted by Gasteiger charge is 2.20. The molecule has 0 amide bonds. The fourth-order valence-corrected chi connectivity index (χ4v) is 3.18. The van der Waals surface area contributed by atoms with E-state index in [1.165, 1.54) is 49.8 Å². The van der Waals surface area contributed by atoms with E-state index in [1.54, 1.807) is 0 Å². The predicted molar refractivity (Wildman–Crippen MR) is 83.6 cm³/mol. The van der Waals surface area contributed by atoms with Crippen LogP contribution in [0.15, 0.2) is 24.3 Å². The molecule has 1 aromatic carbocycles. The highest BCUT2D eigenvalue weighted by Crippen LogP contribution is 2.30. The standard InChI is InChI=1S/C17H28N2/c1-3-16(18)15-12-8-9-13-17(15)19(2)14-10-6-4-5-7-11-14/h8-9,12-14,16H,3-7,10-11,18H2,1-2H3. The van der Waals surface area contributed by atoms with Gasteiger partial charge in [-0.3, -0.25) is 0 Å². The Balaban J connectivity index is 2.19. The second-order valence-corrected chi connectivity index (χ2v) is 5.83. The Morgan fingerprint density at radius 2 is 1.79 bits per heavy atom. The molecule has 0 saturated heterocycles. The van der Waals surface area contributed by atoms with Crippen molar-refractivity contribution in [3.63, 3.8) is 0 Å². The molecule has 1 atom stereocenters. The number of nitrogens with two attached hydrogens (primary N) is 1. The molecule has 0 aromatic heterocycles. The van der Waals surface area contributed by atoms with Gasteiger partial charge >= 0.3 is 0 Å². The lowest BCUT2D eigenvalue weighted by molar-refractivity contribution is 0.549. The van der Waals surface area contributed by atoms with Crippen LogP contribution in [-0.2, 0) is 0 Å². The summed E-state index contributed by atoms with van der Waals surface area (Å²) in [5, 5.41) is 0. The quantitative estimate of drug-likeness (QED) is 0.820. The summed E-state index contributed by atoms with van der Waals surface area (Å²) >= 11 is 0. The maximum Gasteiger partial charge on any atom is 0.0414 e. The van der Waals surface area contributed by atoms with Gasteiger partial charge in [0.1, 0.15) is 0 Å². The fraction of sp³-hybridized carbons (Fsp3) is 0.647. The summed E-state index contributed by atoms with van der Waals surface area (Å²) in [7, 11) is 2.25. The molecule has 2 N–H and O–H groups in total. The first kappa shape index (κ1) is 14.4. The van der Waals surface area contributed by atoms with Crippen LogP contribution < -0.4 is 10.6 Å². The number of para-hydroxylation sites is 1. The summed E-state index contributed by atoms with van der Waals surface area (Å²) in [4.78, 5) is 2.48. The second kappa shape index (κ2) is 6.95. The number of hydrogen-bond acceptors (Lipinski definition) is 2. The van der Waals surface area contributed by atoms with Gasteiger partial charge in [-0.25, -0.2) is 0 Å². The summed E-state index contributed by atoms with van der Waals surface area (Å²) in [5.74, 6) is 0. The zero-order valence-electron chi connectivity index (χ0n) is 12.4. The highest BCUT2D eigenvalue weighted by atomic mass is 15.1. The molecule has 1 aromatic rings. The van der Waals surface area contributed by atoms with Gasteiger partial charge in [-0.05, 0) is 30.9 Å². The van der Waals surface area contributed by atoms with Crippen molar-refractivity contribution in [1.82, 2.24) is 0 Å². The molecule has 2 rings (SSSR count). The van der Waals surface area contributed by atoms with E-state index in [9.17, 15) is 0 Å². The van der Waals surface area contributed by atoms with Crippen LogP contribution in [0.5, 0.6) is 0 Å². The number of rotatable bonds is 4. The predicted octanol–water partition coefficient (Wildman–Crippen LogP) is 4.26. The van der Waals surface area contributed by atoms with Crippen molar-refractivity contribution in [2.45, 2.75) is 64.0 Å². The van der Waals surface area contributed by atoms with E-state index in [0.717, 1.165) is 6.42 Å². The Kier molecular flexibility index (Phi) is 5.26. The molecule has 106 valence electrons. The second-order valence-electron chi connectivity index (χ2n) is 5.83. The first-order valence-electron chi connectivity index (χ1n) is 7.81. The molecule has 1 saturated carbocycles. The Morgan fingerprint density at radius 3 is 2.42 bits per heavy atom. The maximum absolute atomic E-state index is 6.27. The van der Waals surface area contributed by atoms with Crippen molar-refractivity contribution in [1.29, 1.82) is 0 Å². The van der Waals surface area contributed by atoms with Gasteiger partial charge < -0.3 is 10.6 Å². The van der Waals surface area contributed by atoms with Gasteiger partial charge in [0.05, 0.1) is 0 Å². The smallest absolute Gasteiger partial charge is 0.0414 e. The maximum atomic E-state index is 6.27. The van der Waals surface area contributed by atoms with Crippen LogP contribution in [0.2, 0.25) is 0 Å². The molecule has 0 spiro atoms. The van der Waals surface area contributed by atoms with Crippen LogP contribution in [-0.4, -0.2) is 13.1 Å². The SMILES string of the molecule is CCC(N)c1ccccc1N(C)C1CCCCCC1. The molecule has 2 heteroatoms. The molecule has 1 unspecified atom stereocenters. The minimum atomic E-state index is 0.157. The Hall–Kier alpha value is -1.02. The van der Waals surface area contributed by atoms with Crippen molar-refractivity contribution in [3.05, 3.63) is 29.8 Å². The average molecular weight is 260 g/mol. The van der Waals surface area contributed by atoms with Crippen molar-refractivity contribution < 1.29 is 0 Å². The Labute approximate surface area is 118 Å². The van der Waals surface area contributed by atoms with Crippen LogP contribution >= 0.6 is 0 Å². The molecule has 2 nitrogen and oxygen atoms in total. The van der Waals surface area contributed by atoms with Gasteiger partial charge in [-0.1, -0.05) is 50.8 Å². The van der Waals surface area contributed by atoms with Gasteiger partial charge in [0.2, 0.25) is 0 Å².